The van der Waals surface area contributed by atoms with Gasteiger partial charge in [0, 0.05) is 27.7 Å². The Morgan fingerprint density at radius 3 is 1.63 bits per heavy atom. The summed E-state index contributed by atoms with van der Waals surface area (Å²) in [5.41, 5.74) is 2.01. The molecule has 4 atom stereocenters. The molecule has 1 N–H and O–H groups in total. The Morgan fingerprint density at radius 2 is 1.11 bits per heavy atom. The Labute approximate surface area is 266 Å². The molecule has 0 bridgehead atoms. The summed E-state index contributed by atoms with van der Waals surface area (Å²) in [6.45, 7) is 4.24. The maximum absolute atomic E-state index is 12.9. The fourth-order valence-corrected chi connectivity index (χ4v) is 4.40. The summed E-state index contributed by atoms with van der Waals surface area (Å²) in [5, 5.41) is 2.54. The number of carbonyl (C=O) groups is 5. The van der Waals surface area contributed by atoms with Gasteiger partial charge >= 0.3 is 30.0 Å². The molecule has 3 aromatic carbocycles. The number of hydrogen-bond donors (Lipinski definition) is 1. The molecular formula is C34H37NO11. The van der Waals surface area contributed by atoms with Gasteiger partial charge in [-0.1, -0.05) is 72.8 Å². The van der Waals surface area contributed by atoms with E-state index >= 15 is 0 Å². The second-order valence-corrected chi connectivity index (χ2v) is 10.1. The third-order valence-corrected chi connectivity index (χ3v) is 6.35. The molecule has 0 spiro atoms. The molecule has 244 valence electrons. The summed E-state index contributed by atoms with van der Waals surface area (Å²) in [7, 11) is 0. The SMILES string of the molecule is CC(=O)OC[C@@H](NC(=O)OCc1ccccc1)[C@@H](OC(C)=O)[C@H](OC(C)=O)[C@@H](OC(C)=O)c1ccc(OCc2ccccc2)cc1. The first-order valence-corrected chi connectivity index (χ1v) is 14.4. The first kappa shape index (κ1) is 35.1. The standard InChI is InChI=1S/C34H37NO11/c1-22(36)41-21-30(35-34(40)43-20-27-13-9-6-10-14-27)32(45-24(3)38)33(46-25(4)39)31(44-23(2)37)28-15-17-29(18-16-28)42-19-26-11-7-5-8-12-26/h5-18,30-33H,19-21H2,1-4H3,(H,35,40)/t30-,31+,32-,33-/m1/s1. The van der Waals surface area contributed by atoms with Gasteiger partial charge in [-0.25, -0.2) is 4.79 Å². The molecule has 3 aromatic rings. The first-order chi connectivity index (χ1) is 22.0. The predicted molar refractivity (Wildman–Crippen MR) is 163 cm³/mol. The van der Waals surface area contributed by atoms with E-state index in [1.807, 2.05) is 36.4 Å². The van der Waals surface area contributed by atoms with Crippen LogP contribution in [0.1, 0.15) is 50.5 Å². The van der Waals surface area contributed by atoms with Gasteiger partial charge in [0.1, 0.15) is 31.6 Å². The van der Waals surface area contributed by atoms with Crippen molar-refractivity contribution in [2.24, 2.45) is 0 Å². The van der Waals surface area contributed by atoms with Crippen LogP contribution < -0.4 is 10.1 Å². The van der Waals surface area contributed by atoms with E-state index in [2.05, 4.69) is 5.32 Å². The fourth-order valence-electron chi connectivity index (χ4n) is 4.40. The number of carbonyl (C=O) groups excluding carboxylic acids is 5. The summed E-state index contributed by atoms with van der Waals surface area (Å²) in [5.74, 6) is -2.55. The Kier molecular flexibility index (Phi) is 13.6. The maximum Gasteiger partial charge on any atom is 0.407 e. The molecule has 0 aliphatic heterocycles. The average Bonchev–Trinajstić information content (AvgIpc) is 3.02. The Hall–Kier alpha value is -5.39. The molecular weight excluding hydrogens is 598 g/mol. The monoisotopic (exact) mass is 635 g/mol. The van der Waals surface area contributed by atoms with Crippen LogP contribution in [0.3, 0.4) is 0 Å². The molecule has 12 heteroatoms. The van der Waals surface area contributed by atoms with Gasteiger partial charge in [0.25, 0.3) is 0 Å². The topological polar surface area (TPSA) is 153 Å². The van der Waals surface area contributed by atoms with Gasteiger partial charge in [-0.05, 0) is 28.8 Å². The fraction of sp³-hybridized carbons (Fsp3) is 0.324. The van der Waals surface area contributed by atoms with Crippen LogP contribution >= 0.6 is 0 Å². The molecule has 0 fully saturated rings. The van der Waals surface area contributed by atoms with Crippen molar-refractivity contribution in [3.8, 4) is 5.75 Å². The second kappa shape index (κ2) is 17.8. The lowest BCUT2D eigenvalue weighted by Gasteiger charge is -2.36. The van der Waals surface area contributed by atoms with E-state index < -0.39 is 60.9 Å². The van der Waals surface area contributed by atoms with Gasteiger partial charge in [-0.2, -0.15) is 0 Å². The van der Waals surface area contributed by atoms with E-state index in [1.165, 1.54) is 0 Å². The zero-order valence-corrected chi connectivity index (χ0v) is 26.0. The van der Waals surface area contributed by atoms with Crippen molar-refractivity contribution in [1.29, 1.82) is 0 Å². The number of amides is 1. The van der Waals surface area contributed by atoms with E-state index in [1.54, 1.807) is 48.5 Å². The van der Waals surface area contributed by atoms with E-state index in [9.17, 15) is 24.0 Å². The lowest BCUT2D eigenvalue weighted by atomic mass is 9.95. The highest BCUT2D eigenvalue weighted by atomic mass is 16.6. The Morgan fingerprint density at radius 1 is 0.587 bits per heavy atom. The summed E-state index contributed by atoms with van der Waals surface area (Å²) in [6.07, 6.45) is -5.32. The molecule has 3 rings (SSSR count). The number of hydrogen-bond acceptors (Lipinski definition) is 11. The van der Waals surface area contributed by atoms with Gasteiger partial charge in [-0.15, -0.1) is 0 Å². The van der Waals surface area contributed by atoms with Gasteiger partial charge in [0.05, 0.1) is 0 Å². The van der Waals surface area contributed by atoms with Crippen molar-refractivity contribution in [2.75, 3.05) is 6.61 Å². The van der Waals surface area contributed by atoms with Gasteiger partial charge < -0.3 is 33.7 Å². The predicted octanol–water partition coefficient (Wildman–Crippen LogP) is 4.59. The van der Waals surface area contributed by atoms with Crippen LogP contribution in [0.2, 0.25) is 0 Å². The number of esters is 4. The molecule has 1 amide bonds. The van der Waals surface area contributed by atoms with Crippen molar-refractivity contribution < 1.29 is 52.4 Å². The van der Waals surface area contributed by atoms with Crippen LogP contribution in [0, 0.1) is 0 Å². The molecule has 0 aromatic heterocycles. The molecule has 0 radical (unpaired) electrons. The minimum atomic E-state index is -1.52. The molecule has 0 aliphatic carbocycles. The lowest BCUT2D eigenvalue weighted by molar-refractivity contribution is -0.188. The number of rotatable bonds is 15. The van der Waals surface area contributed by atoms with Gasteiger partial charge in [-0.3, -0.25) is 19.2 Å². The highest BCUT2D eigenvalue weighted by molar-refractivity contribution is 5.70. The third-order valence-electron chi connectivity index (χ3n) is 6.35. The van der Waals surface area contributed by atoms with E-state index in [0.29, 0.717) is 23.5 Å². The number of ether oxygens (including phenoxy) is 6. The zero-order valence-electron chi connectivity index (χ0n) is 26.0. The summed E-state index contributed by atoms with van der Waals surface area (Å²) in [4.78, 5) is 61.7. The normalized spacial score (nSPS) is 13.1. The summed E-state index contributed by atoms with van der Waals surface area (Å²) >= 11 is 0. The van der Waals surface area contributed by atoms with Crippen LogP contribution in [0.15, 0.2) is 84.9 Å². The van der Waals surface area contributed by atoms with Gasteiger partial charge in [0.15, 0.2) is 18.3 Å². The van der Waals surface area contributed by atoms with Crippen molar-refractivity contribution in [2.45, 2.75) is 65.3 Å². The minimum absolute atomic E-state index is 0.0900. The molecule has 0 unspecified atom stereocenters. The Bertz CT molecular complexity index is 1440. The highest BCUT2D eigenvalue weighted by Gasteiger charge is 2.44. The minimum Gasteiger partial charge on any atom is -0.489 e. The molecule has 0 saturated heterocycles. The summed E-state index contributed by atoms with van der Waals surface area (Å²) in [6, 6.07) is 23.5. The Balaban J connectivity index is 1.94. The third kappa shape index (κ3) is 11.9. The van der Waals surface area contributed by atoms with Crippen LogP contribution in [-0.4, -0.2) is 54.8 Å². The quantitative estimate of drug-likeness (QED) is 0.184. The van der Waals surface area contributed by atoms with Crippen LogP contribution in [-0.2, 0) is 56.1 Å². The van der Waals surface area contributed by atoms with Gasteiger partial charge in [0.2, 0.25) is 0 Å². The van der Waals surface area contributed by atoms with Crippen LogP contribution in [0.25, 0.3) is 0 Å². The van der Waals surface area contributed by atoms with E-state index in [4.69, 9.17) is 28.4 Å². The van der Waals surface area contributed by atoms with Crippen molar-refractivity contribution in [3.63, 3.8) is 0 Å². The zero-order chi connectivity index (χ0) is 33.5. The van der Waals surface area contributed by atoms with E-state index in [-0.39, 0.29) is 6.61 Å². The maximum atomic E-state index is 12.9. The average molecular weight is 636 g/mol. The van der Waals surface area contributed by atoms with Crippen LogP contribution in [0.4, 0.5) is 4.79 Å². The molecule has 0 saturated carbocycles. The number of benzene rings is 3. The van der Waals surface area contributed by atoms with Crippen molar-refractivity contribution in [1.82, 2.24) is 5.32 Å². The van der Waals surface area contributed by atoms with Crippen molar-refractivity contribution in [3.05, 3.63) is 102 Å². The first-order valence-electron chi connectivity index (χ1n) is 14.4. The number of alkyl carbamates (subject to hydrolysis) is 1. The van der Waals surface area contributed by atoms with E-state index in [0.717, 1.165) is 33.3 Å². The highest BCUT2D eigenvalue weighted by Crippen LogP contribution is 2.31. The second-order valence-electron chi connectivity index (χ2n) is 10.1. The molecule has 12 nitrogen and oxygen atoms in total. The largest absolute Gasteiger partial charge is 0.489 e. The van der Waals surface area contributed by atoms with Crippen molar-refractivity contribution >= 4 is 30.0 Å². The van der Waals surface area contributed by atoms with Crippen LogP contribution in [0.5, 0.6) is 5.75 Å². The molecule has 46 heavy (non-hydrogen) atoms. The molecule has 0 heterocycles. The molecule has 0 aliphatic rings. The lowest BCUT2D eigenvalue weighted by Crippen LogP contribution is -2.55. The number of nitrogens with one attached hydrogen (secondary N) is 1. The smallest absolute Gasteiger partial charge is 0.407 e. The summed E-state index contributed by atoms with van der Waals surface area (Å²) < 4.78 is 33.1.